The Morgan fingerprint density at radius 2 is 1.93 bits per heavy atom. The number of hydrogen-bond acceptors (Lipinski definition) is 4. The zero-order valence-electron chi connectivity index (χ0n) is 7.65. The van der Waals surface area contributed by atoms with Gasteiger partial charge in [0.05, 0.1) is 7.11 Å². The summed E-state index contributed by atoms with van der Waals surface area (Å²) in [5, 5.41) is 18.8. The molecule has 4 heteroatoms. The Hall–Kier alpha value is -1.97. The van der Waals surface area contributed by atoms with Crippen molar-refractivity contribution in [2.24, 2.45) is 0 Å². The number of benzene rings is 1. The lowest BCUT2D eigenvalue weighted by molar-refractivity contribution is 0.0594. The second-order valence-corrected chi connectivity index (χ2v) is 2.63. The minimum atomic E-state index is -0.782. The third-order valence-corrected chi connectivity index (χ3v) is 1.74. The average molecular weight is 194 g/mol. The topological polar surface area (TPSA) is 66.8 Å². The predicted molar refractivity (Wildman–Crippen MR) is 51.2 cm³/mol. The summed E-state index contributed by atoms with van der Waals surface area (Å²) in [6.07, 6.45) is 1.44. The maximum absolute atomic E-state index is 11.1. The van der Waals surface area contributed by atoms with Gasteiger partial charge in [0.15, 0.2) is 0 Å². The number of ether oxygens (including phenoxy) is 1. The van der Waals surface area contributed by atoms with Crippen molar-refractivity contribution >= 4 is 12.0 Å². The molecular weight excluding hydrogens is 184 g/mol. The van der Waals surface area contributed by atoms with Crippen LogP contribution in [0.15, 0.2) is 18.7 Å². The molecule has 0 aliphatic heterocycles. The van der Waals surface area contributed by atoms with Crippen LogP contribution < -0.4 is 0 Å². The van der Waals surface area contributed by atoms with E-state index in [2.05, 4.69) is 11.3 Å². The third kappa shape index (κ3) is 1.69. The standard InChI is InChI=1S/C10H10O4/c1-3-6-4-7(11)9(8(12)5-6)10(13)14-2/h3-5,11-12H,1H2,2H3. The van der Waals surface area contributed by atoms with E-state index in [4.69, 9.17) is 0 Å². The molecule has 0 aliphatic carbocycles. The molecule has 1 aromatic carbocycles. The van der Waals surface area contributed by atoms with Crippen molar-refractivity contribution in [2.75, 3.05) is 7.11 Å². The molecule has 0 unspecified atom stereocenters. The highest BCUT2D eigenvalue weighted by Gasteiger charge is 2.17. The van der Waals surface area contributed by atoms with Crippen LogP contribution in [0, 0.1) is 0 Å². The fourth-order valence-electron chi connectivity index (χ4n) is 1.06. The molecule has 4 nitrogen and oxygen atoms in total. The number of phenols is 2. The van der Waals surface area contributed by atoms with Gasteiger partial charge in [0.1, 0.15) is 17.1 Å². The Kier molecular flexibility index (Phi) is 2.76. The molecular formula is C10H10O4. The largest absolute Gasteiger partial charge is 0.507 e. The van der Waals surface area contributed by atoms with Crippen LogP contribution in [-0.2, 0) is 4.74 Å². The smallest absolute Gasteiger partial charge is 0.345 e. The van der Waals surface area contributed by atoms with Crippen LogP contribution in [0.5, 0.6) is 11.5 Å². The van der Waals surface area contributed by atoms with Gasteiger partial charge >= 0.3 is 5.97 Å². The summed E-state index contributed by atoms with van der Waals surface area (Å²) < 4.78 is 4.39. The first-order valence-corrected chi connectivity index (χ1v) is 3.87. The van der Waals surface area contributed by atoms with E-state index in [0.29, 0.717) is 5.56 Å². The van der Waals surface area contributed by atoms with E-state index in [1.807, 2.05) is 0 Å². The highest BCUT2D eigenvalue weighted by molar-refractivity contribution is 5.95. The predicted octanol–water partition coefficient (Wildman–Crippen LogP) is 1.53. The van der Waals surface area contributed by atoms with Gasteiger partial charge in [-0.1, -0.05) is 12.7 Å². The van der Waals surface area contributed by atoms with E-state index in [1.54, 1.807) is 0 Å². The van der Waals surface area contributed by atoms with Crippen molar-refractivity contribution in [2.45, 2.75) is 0 Å². The molecule has 0 fully saturated rings. The van der Waals surface area contributed by atoms with Gasteiger partial charge in [-0.15, -0.1) is 0 Å². The zero-order valence-corrected chi connectivity index (χ0v) is 7.65. The minimum Gasteiger partial charge on any atom is -0.507 e. The molecule has 1 rings (SSSR count). The van der Waals surface area contributed by atoms with E-state index in [1.165, 1.54) is 25.3 Å². The number of rotatable bonds is 2. The lowest BCUT2D eigenvalue weighted by Crippen LogP contribution is -2.02. The zero-order chi connectivity index (χ0) is 10.7. The summed E-state index contributed by atoms with van der Waals surface area (Å²) in [5.74, 6) is -1.44. The number of carbonyl (C=O) groups is 1. The van der Waals surface area contributed by atoms with Crippen LogP contribution in [0.25, 0.3) is 6.08 Å². The van der Waals surface area contributed by atoms with Crippen molar-refractivity contribution in [3.8, 4) is 11.5 Å². The molecule has 0 radical (unpaired) electrons. The number of methoxy groups -OCH3 is 1. The number of phenolic OH excluding ortho intramolecular Hbond substituents is 2. The molecule has 0 amide bonds. The highest BCUT2D eigenvalue weighted by atomic mass is 16.5. The van der Waals surface area contributed by atoms with Crippen LogP contribution in [0.1, 0.15) is 15.9 Å². The lowest BCUT2D eigenvalue weighted by atomic mass is 10.1. The summed E-state index contributed by atoms with van der Waals surface area (Å²) >= 11 is 0. The van der Waals surface area contributed by atoms with Gasteiger partial charge in [-0.2, -0.15) is 0 Å². The van der Waals surface area contributed by atoms with E-state index in [-0.39, 0.29) is 17.1 Å². The summed E-state index contributed by atoms with van der Waals surface area (Å²) in [6, 6.07) is 2.64. The van der Waals surface area contributed by atoms with Crippen molar-refractivity contribution in [3.63, 3.8) is 0 Å². The first-order chi connectivity index (χ1) is 6.60. The second-order valence-electron chi connectivity index (χ2n) is 2.63. The molecule has 14 heavy (non-hydrogen) atoms. The second kappa shape index (κ2) is 3.83. The summed E-state index contributed by atoms with van der Waals surface area (Å²) in [6.45, 7) is 3.47. The number of carbonyl (C=O) groups excluding carboxylic acids is 1. The Morgan fingerprint density at radius 1 is 1.43 bits per heavy atom. The molecule has 0 saturated carbocycles. The maximum Gasteiger partial charge on any atom is 0.345 e. The fraction of sp³-hybridized carbons (Fsp3) is 0.100. The third-order valence-electron chi connectivity index (χ3n) is 1.74. The van der Waals surface area contributed by atoms with Gasteiger partial charge in [-0.05, 0) is 17.7 Å². The minimum absolute atomic E-state index is 0.238. The van der Waals surface area contributed by atoms with Crippen LogP contribution in [0.4, 0.5) is 0 Å². The van der Waals surface area contributed by atoms with Crippen molar-refractivity contribution in [3.05, 3.63) is 29.8 Å². The SMILES string of the molecule is C=Cc1cc(O)c(C(=O)OC)c(O)c1. The molecule has 74 valence electrons. The summed E-state index contributed by atoms with van der Waals surface area (Å²) in [4.78, 5) is 11.1. The quantitative estimate of drug-likeness (QED) is 0.700. The highest BCUT2D eigenvalue weighted by Crippen LogP contribution is 2.29. The van der Waals surface area contributed by atoms with Crippen molar-refractivity contribution in [1.82, 2.24) is 0 Å². The molecule has 1 aromatic rings. The molecule has 0 spiro atoms. The van der Waals surface area contributed by atoms with Gasteiger partial charge in [-0.3, -0.25) is 0 Å². The van der Waals surface area contributed by atoms with E-state index >= 15 is 0 Å². The normalized spacial score (nSPS) is 9.50. The van der Waals surface area contributed by atoms with Gasteiger partial charge < -0.3 is 14.9 Å². The molecule has 0 atom stereocenters. The summed E-state index contributed by atoms with van der Waals surface area (Å²) in [5.41, 5.74) is 0.283. The van der Waals surface area contributed by atoms with Crippen LogP contribution >= 0.6 is 0 Å². The van der Waals surface area contributed by atoms with E-state index < -0.39 is 5.97 Å². The molecule has 0 saturated heterocycles. The molecule has 0 bridgehead atoms. The van der Waals surface area contributed by atoms with E-state index in [9.17, 15) is 15.0 Å². The number of esters is 1. The Morgan fingerprint density at radius 3 is 2.29 bits per heavy atom. The first-order valence-electron chi connectivity index (χ1n) is 3.87. The van der Waals surface area contributed by atoms with Crippen LogP contribution in [0.3, 0.4) is 0 Å². The van der Waals surface area contributed by atoms with Gasteiger partial charge in [0, 0.05) is 0 Å². The molecule has 0 heterocycles. The van der Waals surface area contributed by atoms with Crippen LogP contribution in [0.2, 0.25) is 0 Å². The first kappa shape index (κ1) is 10.1. The Bertz CT molecular complexity index is 359. The van der Waals surface area contributed by atoms with Gasteiger partial charge in [0.25, 0.3) is 0 Å². The molecule has 2 N–H and O–H groups in total. The maximum atomic E-state index is 11.1. The number of aromatic hydroxyl groups is 2. The Labute approximate surface area is 81.1 Å². The van der Waals surface area contributed by atoms with Crippen LogP contribution in [-0.4, -0.2) is 23.3 Å². The molecule has 0 aromatic heterocycles. The lowest BCUT2D eigenvalue weighted by Gasteiger charge is -2.06. The Balaban J connectivity index is 3.31. The average Bonchev–Trinajstić information content (AvgIpc) is 2.16. The van der Waals surface area contributed by atoms with Gasteiger partial charge in [0.2, 0.25) is 0 Å². The summed E-state index contributed by atoms with van der Waals surface area (Å²) in [7, 11) is 1.17. The number of hydrogen-bond donors (Lipinski definition) is 2. The van der Waals surface area contributed by atoms with Gasteiger partial charge in [-0.25, -0.2) is 4.79 Å². The molecule has 0 aliphatic rings. The monoisotopic (exact) mass is 194 g/mol. The van der Waals surface area contributed by atoms with Crippen molar-refractivity contribution < 1.29 is 19.7 Å². The van der Waals surface area contributed by atoms with Crippen molar-refractivity contribution in [1.29, 1.82) is 0 Å². The van der Waals surface area contributed by atoms with E-state index in [0.717, 1.165) is 0 Å². The fourth-order valence-corrected chi connectivity index (χ4v) is 1.06.